The first-order valence-corrected chi connectivity index (χ1v) is 7.20. The maximum Gasteiger partial charge on any atom is 0.0681 e. The average molecular weight is 345 g/mol. The highest BCUT2D eigenvalue weighted by atomic mass is 79.9. The van der Waals surface area contributed by atoms with Crippen LogP contribution in [0.4, 0.5) is 0 Å². The molecule has 2 atom stereocenters. The fraction of sp³-hybridized carbons (Fsp3) is 0.214. The molecule has 0 amide bonds. The van der Waals surface area contributed by atoms with Crippen molar-refractivity contribution in [3.05, 3.63) is 63.3 Å². The highest BCUT2D eigenvalue weighted by molar-refractivity contribution is 9.10. The molecule has 0 fully saturated rings. The van der Waals surface area contributed by atoms with Gasteiger partial charge in [-0.25, -0.2) is 0 Å². The Morgan fingerprint density at radius 2 is 2.00 bits per heavy atom. The zero-order valence-corrected chi connectivity index (χ0v) is 12.9. The van der Waals surface area contributed by atoms with E-state index in [1.54, 1.807) is 6.20 Å². The minimum absolute atomic E-state index is 0.0969. The number of pyridine rings is 1. The van der Waals surface area contributed by atoms with Crippen LogP contribution in [0.1, 0.15) is 29.5 Å². The van der Waals surface area contributed by atoms with E-state index in [9.17, 15) is 0 Å². The van der Waals surface area contributed by atoms with Crippen molar-refractivity contribution in [2.24, 2.45) is 0 Å². The van der Waals surface area contributed by atoms with Gasteiger partial charge in [0.25, 0.3) is 0 Å². The zero-order valence-electron chi connectivity index (χ0n) is 9.78. The summed E-state index contributed by atoms with van der Waals surface area (Å²) in [6.45, 7) is 2.05. The number of benzene rings is 1. The Hall–Kier alpha value is -0.570. The molecule has 2 rings (SSSR count). The summed E-state index contributed by atoms with van der Waals surface area (Å²) in [5.41, 5.74) is 1.89. The molecule has 0 aliphatic heterocycles. The van der Waals surface area contributed by atoms with Crippen LogP contribution in [0.2, 0.25) is 5.02 Å². The van der Waals surface area contributed by atoms with Crippen molar-refractivity contribution < 1.29 is 0 Å². The average Bonchev–Trinajstić information content (AvgIpc) is 2.41. The molecular formula is C14H12BrCl2N. The molecule has 2 aromatic rings. The highest BCUT2D eigenvalue weighted by Crippen LogP contribution is 2.39. The van der Waals surface area contributed by atoms with E-state index < -0.39 is 0 Å². The third-order valence-electron chi connectivity index (χ3n) is 2.85. The summed E-state index contributed by atoms with van der Waals surface area (Å²) >= 11 is 16.2. The predicted octanol–water partition coefficient (Wildman–Crippen LogP) is 5.58. The Labute approximate surface area is 125 Å². The number of hydrogen-bond acceptors (Lipinski definition) is 1. The third kappa shape index (κ3) is 3.05. The second-order valence-corrected chi connectivity index (χ2v) is 5.90. The van der Waals surface area contributed by atoms with Crippen molar-refractivity contribution in [1.29, 1.82) is 0 Å². The molecular weight excluding hydrogens is 333 g/mol. The molecule has 0 saturated heterocycles. The standard InChI is InChI=1S/C14H12BrCl2N/c1-9(13-4-2-3-7-18-13)14(17)11-8-10(15)5-6-12(11)16/h2-9,14H,1H3. The lowest BCUT2D eigenvalue weighted by atomic mass is 9.97. The lowest BCUT2D eigenvalue weighted by molar-refractivity contribution is 0.706. The van der Waals surface area contributed by atoms with Crippen molar-refractivity contribution in [2.45, 2.75) is 18.2 Å². The molecule has 0 radical (unpaired) electrons. The first-order valence-electron chi connectivity index (χ1n) is 5.59. The van der Waals surface area contributed by atoms with Crippen molar-refractivity contribution in [3.63, 3.8) is 0 Å². The Morgan fingerprint density at radius 1 is 1.22 bits per heavy atom. The van der Waals surface area contributed by atoms with E-state index in [1.165, 1.54) is 0 Å². The summed E-state index contributed by atoms with van der Waals surface area (Å²) in [4.78, 5) is 4.34. The van der Waals surface area contributed by atoms with Crippen LogP contribution in [0.3, 0.4) is 0 Å². The summed E-state index contributed by atoms with van der Waals surface area (Å²) in [5.74, 6) is 0.0969. The van der Waals surface area contributed by atoms with E-state index in [0.29, 0.717) is 5.02 Å². The molecule has 94 valence electrons. The minimum atomic E-state index is -0.204. The van der Waals surface area contributed by atoms with Crippen LogP contribution in [0, 0.1) is 0 Å². The van der Waals surface area contributed by atoms with Crippen LogP contribution in [0.25, 0.3) is 0 Å². The van der Waals surface area contributed by atoms with E-state index in [2.05, 4.69) is 27.8 Å². The van der Waals surface area contributed by atoms with E-state index in [4.69, 9.17) is 23.2 Å². The molecule has 4 heteroatoms. The SMILES string of the molecule is CC(c1ccccn1)C(Cl)c1cc(Br)ccc1Cl. The number of nitrogens with zero attached hydrogens (tertiary/aromatic N) is 1. The van der Waals surface area contributed by atoms with Crippen LogP contribution in [-0.2, 0) is 0 Å². The number of hydrogen-bond donors (Lipinski definition) is 0. The fourth-order valence-electron chi connectivity index (χ4n) is 1.79. The van der Waals surface area contributed by atoms with Gasteiger partial charge in [-0.05, 0) is 35.9 Å². The molecule has 0 spiro atoms. The summed E-state index contributed by atoms with van der Waals surface area (Å²) in [6.07, 6.45) is 1.78. The summed E-state index contributed by atoms with van der Waals surface area (Å²) in [5, 5.41) is 0.478. The number of rotatable bonds is 3. The van der Waals surface area contributed by atoms with E-state index in [1.807, 2.05) is 36.4 Å². The van der Waals surface area contributed by atoms with Crippen molar-refractivity contribution >= 4 is 39.1 Å². The largest absolute Gasteiger partial charge is 0.261 e. The maximum atomic E-state index is 6.52. The van der Waals surface area contributed by atoms with Gasteiger partial charge in [-0.3, -0.25) is 4.98 Å². The number of aromatic nitrogens is 1. The van der Waals surface area contributed by atoms with E-state index in [0.717, 1.165) is 15.7 Å². The molecule has 1 aromatic heterocycles. The molecule has 0 aliphatic rings. The van der Waals surface area contributed by atoms with Crippen LogP contribution in [-0.4, -0.2) is 4.98 Å². The Kier molecular flexibility index (Phi) is 4.66. The second kappa shape index (κ2) is 6.05. The number of halogens is 3. The molecule has 0 bridgehead atoms. The molecule has 18 heavy (non-hydrogen) atoms. The monoisotopic (exact) mass is 343 g/mol. The zero-order chi connectivity index (χ0) is 13.1. The van der Waals surface area contributed by atoms with Gasteiger partial charge >= 0.3 is 0 Å². The van der Waals surface area contributed by atoms with Crippen LogP contribution < -0.4 is 0 Å². The first kappa shape index (κ1) is 13.9. The van der Waals surface area contributed by atoms with Gasteiger partial charge in [-0.1, -0.05) is 40.5 Å². The summed E-state index contributed by atoms with van der Waals surface area (Å²) < 4.78 is 0.973. The van der Waals surface area contributed by atoms with Gasteiger partial charge in [0, 0.05) is 27.3 Å². The normalized spacial score (nSPS) is 14.2. The van der Waals surface area contributed by atoms with Crippen LogP contribution in [0.15, 0.2) is 47.1 Å². The van der Waals surface area contributed by atoms with Gasteiger partial charge in [0.15, 0.2) is 0 Å². The number of alkyl halides is 1. The maximum absolute atomic E-state index is 6.52. The lowest BCUT2D eigenvalue weighted by Gasteiger charge is -2.19. The van der Waals surface area contributed by atoms with Gasteiger partial charge in [0.05, 0.1) is 5.38 Å². The van der Waals surface area contributed by atoms with E-state index >= 15 is 0 Å². The highest BCUT2D eigenvalue weighted by Gasteiger charge is 2.21. The first-order chi connectivity index (χ1) is 8.59. The Morgan fingerprint density at radius 3 is 2.67 bits per heavy atom. The molecule has 1 aromatic carbocycles. The third-order valence-corrected chi connectivity index (χ3v) is 4.30. The van der Waals surface area contributed by atoms with E-state index in [-0.39, 0.29) is 11.3 Å². The minimum Gasteiger partial charge on any atom is -0.261 e. The molecule has 0 N–H and O–H groups in total. The van der Waals surface area contributed by atoms with Gasteiger partial charge in [-0.2, -0.15) is 0 Å². The molecule has 1 heterocycles. The topological polar surface area (TPSA) is 12.9 Å². The van der Waals surface area contributed by atoms with Gasteiger partial charge < -0.3 is 0 Å². The molecule has 0 saturated carbocycles. The summed E-state index contributed by atoms with van der Waals surface area (Å²) in [6, 6.07) is 11.5. The summed E-state index contributed by atoms with van der Waals surface area (Å²) in [7, 11) is 0. The van der Waals surface area contributed by atoms with Gasteiger partial charge in [0.1, 0.15) is 0 Å². The second-order valence-electron chi connectivity index (χ2n) is 4.11. The van der Waals surface area contributed by atoms with Gasteiger partial charge in [0.2, 0.25) is 0 Å². The Bertz CT molecular complexity index is 531. The van der Waals surface area contributed by atoms with Crippen LogP contribution in [0.5, 0.6) is 0 Å². The smallest absolute Gasteiger partial charge is 0.0681 e. The fourth-order valence-corrected chi connectivity index (χ4v) is 2.77. The van der Waals surface area contributed by atoms with Crippen molar-refractivity contribution in [2.75, 3.05) is 0 Å². The molecule has 0 aliphatic carbocycles. The lowest BCUT2D eigenvalue weighted by Crippen LogP contribution is -2.05. The van der Waals surface area contributed by atoms with Crippen molar-refractivity contribution in [1.82, 2.24) is 4.98 Å². The molecule has 1 nitrogen and oxygen atoms in total. The van der Waals surface area contributed by atoms with Crippen LogP contribution >= 0.6 is 39.1 Å². The quantitative estimate of drug-likeness (QED) is 0.662. The van der Waals surface area contributed by atoms with Gasteiger partial charge in [-0.15, -0.1) is 11.6 Å². The molecule has 2 unspecified atom stereocenters. The predicted molar refractivity (Wildman–Crippen MR) is 80.4 cm³/mol. The Balaban J connectivity index is 2.31. The van der Waals surface area contributed by atoms with Crippen molar-refractivity contribution in [3.8, 4) is 0 Å².